The lowest BCUT2D eigenvalue weighted by Crippen LogP contribution is -2.33. The molecule has 52 heavy (non-hydrogen) atoms. The summed E-state index contributed by atoms with van der Waals surface area (Å²) in [5, 5.41) is 12.7. The number of nitrogens with one attached hydrogen (secondary N) is 1. The molecule has 0 saturated heterocycles. The van der Waals surface area contributed by atoms with Crippen molar-refractivity contribution >= 4 is 77.1 Å². The Morgan fingerprint density at radius 2 is 1.17 bits per heavy atom. The van der Waals surface area contributed by atoms with Crippen molar-refractivity contribution in [1.82, 2.24) is 5.32 Å². The van der Waals surface area contributed by atoms with Gasteiger partial charge in [0.15, 0.2) is 5.84 Å². The fraction of sp³-hybridized carbons (Fsp3) is 0.0213. The van der Waals surface area contributed by atoms with Crippen molar-refractivity contribution in [3.63, 3.8) is 0 Å². The molecular weight excluding hydrogens is 639 g/mol. The Hall–Kier alpha value is -6.98. The molecule has 2 aromatic heterocycles. The van der Waals surface area contributed by atoms with Crippen LogP contribution in [-0.4, -0.2) is 11.7 Å². The zero-order valence-corrected chi connectivity index (χ0v) is 27.9. The lowest BCUT2D eigenvalue weighted by Gasteiger charge is -2.24. The summed E-state index contributed by atoms with van der Waals surface area (Å²) in [5.41, 5.74) is 8.43. The highest BCUT2D eigenvalue weighted by molar-refractivity contribution is 6.22. The summed E-state index contributed by atoms with van der Waals surface area (Å²) in [6.07, 6.45) is -0.360. The first kappa shape index (κ1) is 28.8. The van der Waals surface area contributed by atoms with E-state index in [9.17, 15) is 0 Å². The smallest absolute Gasteiger partial charge is 0.160 e. The van der Waals surface area contributed by atoms with E-state index in [2.05, 4.69) is 127 Å². The molecule has 0 fully saturated rings. The van der Waals surface area contributed by atoms with Gasteiger partial charge in [0.2, 0.25) is 0 Å². The Morgan fingerprint density at radius 1 is 0.462 bits per heavy atom. The molecule has 10 aromatic rings. The molecular formula is C47H29N3O2. The quantitative estimate of drug-likeness (QED) is 0.190. The van der Waals surface area contributed by atoms with Crippen LogP contribution in [0.3, 0.4) is 0 Å². The van der Waals surface area contributed by atoms with Crippen LogP contribution in [0.1, 0.15) is 22.9 Å². The average Bonchev–Trinajstić information content (AvgIpc) is 3.79. The lowest BCUT2D eigenvalue weighted by molar-refractivity contribution is 0.668. The predicted molar refractivity (Wildman–Crippen MR) is 213 cm³/mol. The zero-order chi connectivity index (χ0) is 34.2. The summed E-state index contributed by atoms with van der Waals surface area (Å²) < 4.78 is 12.9. The number of nitrogens with zero attached hydrogens (tertiary/aromatic N) is 2. The SMILES string of the molecule is c1ccc(C2=NC(c3cccc4oc5ccc(-c6cccc7c6oc6ccccc67)cc5c34)=NC(c3ccc4ccc5ccccc5c4c3)N2)cc1. The maximum absolute atomic E-state index is 6.48. The molecule has 0 spiro atoms. The number of hydrogen-bond donors (Lipinski definition) is 1. The van der Waals surface area contributed by atoms with Gasteiger partial charge in [-0.15, -0.1) is 0 Å². The van der Waals surface area contributed by atoms with Gasteiger partial charge in [0.25, 0.3) is 0 Å². The summed E-state index contributed by atoms with van der Waals surface area (Å²) in [7, 11) is 0. The highest BCUT2D eigenvalue weighted by Gasteiger charge is 2.24. The van der Waals surface area contributed by atoms with E-state index in [0.29, 0.717) is 5.84 Å². The minimum atomic E-state index is -0.360. The van der Waals surface area contributed by atoms with Crippen LogP contribution in [-0.2, 0) is 0 Å². The summed E-state index contributed by atoms with van der Waals surface area (Å²) in [4.78, 5) is 10.5. The third-order valence-electron chi connectivity index (χ3n) is 10.3. The molecule has 3 heterocycles. The number of fused-ring (bicyclic) bond motifs is 9. The fourth-order valence-electron chi connectivity index (χ4n) is 7.83. The van der Waals surface area contributed by atoms with Crippen LogP contribution in [0.15, 0.2) is 183 Å². The normalized spacial score (nSPS) is 14.7. The van der Waals surface area contributed by atoms with Crippen LogP contribution in [0.5, 0.6) is 0 Å². The van der Waals surface area contributed by atoms with E-state index in [1.807, 2.05) is 42.5 Å². The molecule has 11 rings (SSSR count). The maximum Gasteiger partial charge on any atom is 0.160 e. The third kappa shape index (κ3) is 4.49. The van der Waals surface area contributed by atoms with E-state index in [1.54, 1.807) is 0 Å². The van der Waals surface area contributed by atoms with Crippen molar-refractivity contribution in [2.45, 2.75) is 6.17 Å². The summed E-state index contributed by atoms with van der Waals surface area (Å²) in [6, 6.07) is 56.9. The predicted octanol–water partition coefficient (Wildman–Crippen LogP) is 12.0. The molecule has 1 aliphatic heterocycles. The molecule has 1 aliphatic rings. The Morgan fingerprint density at radius 3 is 2.10 bits per heavy atom. The molecule has 8 aromatic carbocycles. The molecule has 0 radical (unpaired) electrons. The molecule has 0 aliphatic carbocycles. The molecule has 0 amide bonds. The number of amidine groups is 2. The lowest BCUT2D eigenvalue weighted by atomic mass is 9.98. The van der Waals surface area contributed by atoms with Crippen LogP contribution in [0.4, 0.5) is 0 Å². The first-order valence-electron chi connectivity index (χ1n) is 17.5. The van der Waals surface area contributed by atoms with Gasteiger partial charge in [0.1, 0.15) is 34.3 Å². The molecule has 1 atom stereocenters. The van der Waals surface area contributed by atoms with E-state index in [1.165, 1.54) is 21.5 Å². The molecule has 0 bridgehead atoms. The van der Waals surface area contributed by atoms with Gasteiger partial charge >= 0.3 is 0 Å². The summed E-state index contributed by atoms with van der Waals surface area (Å²) >= 11 is 0. The van der Waals surface area contributed by atoms with E-state index in [-0.39, 0.29) is 6.17 Å². The van der Waals surface area contributed by atoms with Crippen molar-refractivity contribution in [2.75, 3.05) is 0 Å². The summed E-state index contributed by atoms with van der Waals surface area (Å²) in [5.74, 6) is 1.43. The van der Waals surface area contributed by atoms with E-state index in [0.717, 1.165) is 77.5 Å². The minimum absolute atomic E-state index is 0.360. The maximum atomic E-state index is 6.48. The fourth-order valence-corrected chi connectivity index (χ4v) is 7.83. The Balaban J connectivity index is 1.10. The van der Waals surface area contributed by atoms with Crippen LogP contribution in [0.25, 0.3) is 76.5 Å². The van der Waals surface area contributed by atoms with Crippen LogP contribution in [0.2, 0.25) is 0 Å². The second kappa shape index (κ2) is 11.3. The Bertz CT molecular complexity index is 3110. The minimum Gasteiger partial charge on any atom is -0.456 e. The van der Waals surface area contributed by atoms with Gasteiger partial charge in [-0.2, -0.15) is 0 Å². The Kier molecular flexibility index (Phi) is 6.25. The van der Waals surface area contributed by atoms with Crippen molar-refractivity contribution in [1.29, 1.82) is 0 Å². The first-order chi connectivity index (χ1) is 25.7. The van der Waals surface area contributed by atoms with Crippen LogP contribution in [0, 0.1) is 0 Å². The third-order valence-corrected chi connectivity index (χ3v) is 10.3. The van der Waals surface area contributed by atoms with Gasteiger partial charge in [-0.3, -0.25) is 0 Å². The van der Waals surface area contributed by atoms with Crippen LogP contribution < -0.4 is 5.32 Å². The van der Waals surface area contributed by atoms with Gasteiger partial charge < -0.3 is 14.2 Å². The van der Waals surface area contributed by atoms with Crippen molar-refractivity contribution in [3.05, 3.63) is 180 Å². The van der Waals surface area contributed by atoms with Crippen molar-refractivity contribution < 1.29 is 8.83 Å². The van der Waals surface area contributed by atoms with Gasteiger partial charge in [-0.25, -0.2) is 9.98 Å². The monoisotopic (exact) mass is 667 g/mol. The number of furan rings is 2. The molecule has 0 saturated carbocycles. The van der Waals surface area contributed by atoms with Gasteiger partial charge in [0, 0.05) is 38.2 Å². The highest BCUT2D eigenvalue weighted by atomic mass is 16.3. The number of benzene rings is 8. The molecule has 244 valence electrons. The standard InChI is InChI=1S/C47H29N3O2/c1-2-11-30(12-3-1)45-48-46(32-23-22-29-21-20-28-10-4-5-13-33(28)38(29)27-32)50-47(49-45)37-17-9-19-42-43(37)39-26-31(24-25-41(39)51-42)34-15-8-16-36-35-14-6-7-18-40(35)52-44(34)36/h1-27,46H,(H,48,49,50). The second-order valence-corrected chi connectivity index (χ2v) is 13.4. The first-order valence-corrected chi connectivity index (χ1v) is 17.5. The molecule has 1 N–H and O–H groups in total. The zero-order valence-electron chi connectivity index (χ0n) is 27.9. The highest BCUT2D eigenvalue weighted by Crippen LogP contribution is 2.40. The van der Waals surface area contributed by atoms with Crippen molar-refractivity contribution in [2.24, 2.45) is 9.98 Å². The molecule has 1 unspecified atom stereocenters. The largest absolute Gasteiger partial charge is 0.456 e. The number of aliphatic imine (C=N–C) groups is 2. The topological polar surface area (TPSA) is 63.0 Å². The van der Waals surface area contributed by atoms with E-state index >= 15 is 0 Å². The number of rotatable bonds is 4. The van der Waals surface area contributed by atoms with Gasteiger partial charge in [0.05, 0.1) is 0 Å². The Labute approximate surface area is 298 Å². The average molecular weight is 668 g/mol. The van der Waals surface area contributed by atoms with Gasteiger partial charge in [-0.1, -0.05) is 133 Å². The second-order valence-electron chi connectivity index (χ2n) is 13.4. The molecule has 5 nitrogen and oxygen atoms in total. The van der Waals surface area contributed by atoms with E-state index < -0.39 is 0 Å². The van der Waals surface area contributed by atoms with Gasteiger partial charge in [-0.05, 0) is 63.0 Å². The number of hydrogen-bond acceptors (Lipinski definition) is 5. The van der Waals surface area contributed by atoms with Crippen molar-refractivity contribution in [3.8, 4) is 11.1 Å². The molecule has 5 heteroatoms. The van der Waals surface area contributed by atoms with Crippen LogP contribution >= 0.6 is 0 Å². The summed E-state index contributed by atoms with van der Waals surface area (Å²) in [6.45, 7) is 0. The van der Waals surface area contributed by atoms with E-state index in [4.69, 9.17) is 18.8 Å². The number of para-hydroxylation sites is 2.